The van der Waals surface area contributed by atoms with Gasteiger partial charge in [0.25, 0.3) is 5.91 Å². The summed E-state index contributed by atoms with van der Waals surface area (Å²) in [5.41, 5.74) is 3.70. The number of nitrogens with zero attached hydrogens (tertiary/aromatic N) is 2. The Morgan fingerprint density at radius 1 is 1.13 bits per heavy atom. The van der Waals surface area contributed by atoms with Crippen LogP contribution in [0.3, 0.4) is 0 Å². The molecule has 2 amide bonds. The van der Waals surface area contributed by atoms with E-state index in [0.717, 1.165) is 23.4 Å². The van der Waals surface area contributed by atoms with Crippen LogP contribution in [0.15, 0.2) is 53.5 Å². The van der Waals surface area contributed by atoms with Gasteiger partial charge in [-0.3, -0.25) is 9.59 Å². The standard InChI is InChI=1S/C23H29N5O2.HI/c1-4-24-23(25-14-16-9-11-17(12-10-16)22(30)28(2)3)26-15-18-13-21(29)27-20-8-6-5-7-19(18)20;/h5-12,18H,4,13-15H2,1-3H3,(H,27,29)(H2,24,25,26);1H. The van der Waals surface area contributed by atoms with Crippen LogP contribution in [0, 0.1) is 0 Å². The average molecular weight is 535 g/mol. The van der Waals surface area contributed by atoms with E-state index in [0.29, 0.717) is 31.0 Å². The minimum atomic E-state index is -0.0168. The molecular weight excluding hydrogens is 505 g/mol. The Morgan fingerprint density at radius 2 is 1.84 bits per heavy atom. The monoisotopic (exact) mass is 535 g/mol. The number of carbonyl (C=O) groups is 2. The molecule has 0 radical (unpaired) electrons. The molecule has 0 spiro atoms. The van der Waals surface area contributed by atoms with E-state index < -0.39 is 0 Å². The van der Waals surface area contributed by atoms with Crippen molar-refractivity contribution in [2.75, 3.05) is 32.5 Å². The van der Waals surface area contributed by atoms with Crippen LogP contribution in [0.25, 0.3) is 0 Å². The number of halogens is 1. The first kappa shape index (κ1) is 24.6. The van der Waals surface area contributed by atoms with E-state index in [1.807, 2.05) is 49.4 Å². The molecule has 1 atom stereocenters. The van der Waals surface area contributed by atoms with Gasteiger partial charge in [0.2, 0.25) is 5.91 Å². The normalized spacial score (nSPS) is 15.3. The first-order valence-electron chi connectivity index (χ1n) is 10.2. The number of guanidine groups is 1. The molecule has 0 saturated carbocycles. The van der Waals surface area contributed by atoms with Crippen LogP contribution in [0.4, 0.5) is 5.69 Å². The molecule has 0 saturated heterocycles. The zero-order valence-corrected chi connectivity index (χ0v) is 20.5. The van der Waals surface area contributed by atoms with Crippen LogP contribution in [-0.4, -0.2) is 49.9 Å². The van der Waals surface area contributed by atoms with Gasteiger partial charge in [-0.2, -0.15) is 0 Å². The van der Waals surface area contributed by atoms with Crippen LogP contribution in [0.1, 0.15) is 40.7 Å². The van der Waals surface area contributed by atoms with E-state index in [4.69, 9.17) is 0 Å². The van der Waals surface area contributed by atoms with Crippen molar-refractivity contribution in [1.82, 2.24) is 15.5 Å². The summed E-state index contributed by atoms with van der Waals surface area (Å²) in [6.07, 6.45) is 0.449. The summed E-state index contributed by atoms with van der Waals surface area (Å²) in [6.45, 7) is 3.87. The number of aliphatic imine (C=N–C) groups is 1. The Labute approximate surface area is 200 Å². The second-order valence-corrected chi connectivity index (χ2v) is 7.51. The van der Waals surface area contributed by atoms with Crippen LogP contribution >= 0.6 is 24.0 Å². The zero-order valence-electron chi connectivity index (χ0n) is 18.1. The van der Waals surface area contributed by atoms with Gasteiger partial charge in [-0.25, -0.2) is 4.99 Å². The summed E-state index contributed by atoms with van der Waals surface area (Å²) in [6, 6.07) is 15.4. The molecule has 0 aliphatic carbocycles. The molecule has 8 heteroatoms. The molecule has 1 aliphatic heterocycles. The molecule has 1 heterocycles. The number of hydrogen-bond donors (Lipinski definition) is 3. The van der Waals surface area contributed by atoms with Gasteiger partial charge in [-0.1, -0.05) is 30.3 Å². The SMILES string of the molecule is CCNC(=NCc1ccc(C(=O)N(C)C)cc1)NCC1CC(=O)Nc2ccccc21.I. The van der Waals surface area contributed by atoms with Crippen molar-refractivity contribution < 1.29 is 9.59 Å². The lowest BCUT2D eigenvalue weighted by atomic mass is 9.90. The van der Waals surface area contributed by atoms with Crippen molar-refractivity contribution in [3.05, 3.63) is 65.2 Å². The summed E-state index contributed by atoms with van der Waals surface area (Å²) in [5, 5.41) is 9.54. The molecule has 1 unspecified atom stereocenters. The minimum absolute atomic E-state index is 0. The third kappa shape index (κ3) is 6.68. The molecule has 3 rings (SSSR count). The van der Waals surface area contributed by atoms with Crippen molar-refractivity contribution >= 4 is 47.4 Å². The van der Waals surface area contributed by atoms with Gasteiger partial charge >= 0.3 is 0 Å². The Morgan fingerprint density at radius 3 is 2.52 bits per heavy atom. The molecular formula is C23H30IN5O2. The fourth-order valence-electron chi connectivity index (χ4n) is 3.43. The Hall–Kier alpha value is -2.62. The predicted octanol–water partition coefficient (Wildman–Crippen LogP) is 3.19. The molecule has 0 fully saturated rings. The number of amides is 2. The topological polar surface area (TPSA) is 85.8 Å². The lowest BCUT2D eigenvalue weighted by Gasteiger charge is -2.26. The number of anilines is 1. The molecule has 3 N–H and O–H groups in total. The van der Waals surface area contributed by atoms with Crippen molar-refractivity contribution in [2.45, 2.75) is 25.8 Å². The van der Waals surface area contributed by atoms with Gasteiger partial charge in [0, 0.05) is 50.8 Å². The van der Waals surface area contributed by atoms with E-state index in [-0.39, 0.29) is 41.7 Å². The highest BCUT2D eigenvalue weighted by molar-refractivity contribution is 14.0. The van der Waals surface area contributed by atoms with Gasteiger partial charge in [-0.05, 0) is 36.2 Å². The first-order chi connectivity index (χ1) is 14.5. The highest BCUT2D eigenvalue weighted by atomic mass is 127. The lowest BCUT2D eigenvalue weighted by Crippen LogP contribution is -2.40. The highest BCUT2D eigenvalue weighted by Gasteiger charge is 2.24. The summed E-state index contributed by atoms with van der Waals surface area (Å²) in [5.74, 6) is 0.816. The molecule has 0 bridgehead atoms. The van der Waals surface area contributed by atoms with E-state index in [1.54, 1.807) is 19.0 Å². The summed E-state index contributed by atoms with van der Waals surface area (Å²) in [7, 11) is 3.48. The molecule has 31 heavy (non-hydrogen) atoms. The quantitative estimate of drug-likeness (QED) is 0.302. The number of rotatable bonds is 6. The molecule has 7 nitrogen and oxygen atoms in total. The lowest BCUT2D eigenvalue weighted by molar-refractivity contribution is -0.116. The second kappa shape index (κ2) is 11.7. The van der Waals surface area contributed by atoms with Crippen LogP contribution in [0.5, 0.6) is 0 Å². The maximum atomic E-state index is 12.0. The Kier molecular flexibility index (Phi) is 9.29. The smallest absolute Gasteiger partial charge is 0.253 e. The van der Waals surface area contributed by atoms with Crippen molar-refractivity contribution in [3.8, 4) is 0 Å². The second-order valence-electron chi connectivity index (χ2n) is 7.51. The maximum Gasteiger partial charge on any atom is 0.253 e. The van der Waals surface area contributed by atoms with E-state index in [1.165, 1.54) is 0 Å². The Balaban J connectivity index is 0.00000341. The molecule has 1 aliphatic rings. The van der Waals surface area contributed by atoms with E-state index in [9.17, 15) is 9.59 Å². The van der Waals surface area contributed by atoms with Crippen molar-refractivity contribution in [3.63, 3.8) is 0 Å². The third-order valence-electron chi connectivity index (χ3n) is 4.99. The van der Waals surface area contributed by atoms with Gasteiger partial charge in [0.05, 0.1) is 6.54 Å². The van der Waals surface area contributed by atoms with Crippen molar-refractivity contribution in [2.24, 2.45) is 4.99 Å². The van der Waals surface area contributed by atoms with E-state index in [2.05, 4.69) is 27.0 Å². The molecule has 166 valence electrons. The fourth-order valence-corrected chi connectivity index (χ4v) is 3.43. The number of carbonyl (C=O) groups excluding carboxylic acids is 2. The Bertz CT molecular complexity index is 928. The van der Waals surface area contributed by atoms with Crippen molar-refractivity contribution in [1.29, 1.82) is 0 Å². The molecule has 0 aromatic heterocycles. The molecule has 2 aromatic carbocycles. The zero-order chi connectivity index (χ0) is 21.5. The summed E-state index contributed by atoms with van der Waals surface area (Å²) >= 11 is 0. The molecule has 2 aromatic rings. The summed E-state index contributed by atoms with van der Waals surface area (Å²) in [4.78, 5) is 30.2. The largest absolute Gasteiger partial charge is 0.357 e. The van der Waals surface area contributed by atoms with Crippen LogP contribution in [0.2, 0.25) is 0 Å². The first-order valence-corrected chi connectivity index (χ1v) is 10.2. The fraction of sp³-hybridized carbons (Fsp3) is 0.348. The third-order valence-corrected chi connectivity index (χ3v) is 4.99. The summed E-state index contributed by atoms with van der Waals surface area (Å²) < 4.78 is 0. The minimum Gasteiger partial charge on any atom is -0.357 e. The highest BCUT2D eigenvalue weighted by Crippen LogP contribution is 2.31. The van der Waals surface area contributed by atoms with Gasteiger partial charge in [-0.15, -0.1) is 24.0 Å². The average Bonchev–Trinajstić information content (AvgIpc) is 2.75. The maximum absolute atomic E-state index is 12.0. The number of fused-ring (bicyclic) bond motifs is 1. The number of nitrogens with one attached hydrogen (secondary N) is 3. The van der Waals surface area contributed by atoms with Gasteiger partial charge in [0.15, 0.2) is 5.96 Å². The van der Waals surface area contributed by atoms with E-state index >= 15 is 0 Å². The predicted molar refractivity (Wildman–Crippen MR) is 135 cm³/mol. The number of hydrogen-bond acceptors (Lipinski definition) is 3. The number of benzene rings is 2. The number of para-hydroxylation sites is 1. The van der Waals surface area contributed by atoms with Gasteiger partial charge in [0.1, 0.15) is 0 Å². The van der Waals surface area contributed by atoms with Crippen LogP contribution < -0.4 is 16.0 Å². The van der Waals surface area contributed by atoms with Gasteiger partial charge < -0.3 is 20.9 Å². The van der Waals surface area contributed by atoms with Crippen LogP contribution in [-0.2, 0) is 11.3 Å².